The van der Waals surface area contributed by atoms with E-state index in [1.54, 1.807) is 0 Å². The van der Waals surface area contributed by atoms with Crippen LogP contribution in [0.25, 0.3) is 0 Å². The Balaban J connectivity index is 2.35. The third-order valence-electron chi connectivity index (χ3n) is 3.97. The lowest BCUT2D eigenvalue weighted by Crippen LogP contribution is -2.20. The molecule has 0 aliphatic heterocycles. The lowest BCUT2D eigenvalue weighted by atomic mass is 9.67. The Bertz CT molecular complexity index is 188. The molecule has 0 amide bonds. The van der Waals surface area contributed by atoms with Gasteiger partial charge in [-0.25, -0.2) is 0 Å². The molecule has 2 atom stereocenters. The molecule has 1 aliphatic rings. The molecule has 1 saturated carbocycles. The standard InChI is InChI=1S/C13H26B2O2/c14-12-8-5-3-1-2-4-6-10-13(15(16)17)11-7-9-12/h12-13,16-17H,1-11H2. The summed E-state index contributed by atoms with van der Waals surface area (Å²) in [6, 6.07) is 0. The Hall–Kier alpha value is 0.0499. The van der Waals surface area contributed by atoms with Gasteiger partial charge in [0.05, 0.1) is 7.85 Å². The number of hydrogen-bond acceptors (Lipinski definition) is 2. The third-order valence-corrected chi connectivity index (χ3v) is 3.97. The van der Waals surface area contributed by atoms with Crippen LogP contribution < -0.4 is 0 Å². The van der Waals surface area contributed by atoms with Gasteiger partial charge < -0.3 is 10.0 Å². The highest BCUT2D eigenvalue weighted by Crippen LogP contribution is 2.28. The van der Waals surface area contributed by atoms with Crippen LogP contribution in [0.5, 0.6) is 0 Å². The molecule has 0 spiro atoms. The van der Waals surface area contributed by atoms with E-state index >= 15 is 0 Å². The smallest absolute Gasteiger partial charge is 0.427 e. The van der Waals surface area contributed by atoms with E-state index in [1.807, 2.05) is 0 Å². The maximum atomic E-state index is 9.33. The van der Waals surface area contributed by atoms with Gasteiger partial charge in [0.2, 0.25) is 0 Å². The summed E-state index contributed by atoms with van der Waals surface area (Å²) in [5.74, 6) is 0.371. The van der Waals surface area contributed by atoms with Crippen molar-refractivity contribution < 1.29 is 10.0 Å². The topological polar surface area (TPSA) is 40.5 Å². The zero-order valence-electron chi connectivity index (χ0n) is 11.0. The van der Waals surface area contributed by atoms with Crippen molar-refractivity contribution in [3.8, 4) is 0 Å². The molecular weight excluding hydrogens is 210 g/mol. The molecule has 0 heterocycles. The summed E-state index contributed by atoms with van der Waals surface area (Å²) in [5, 5.41) is 18.7. The minimum absolute atomic E-state index is 0.0583. The first-order valence-corrected chi connectivity index (χ1v) is 7.32. The van der Waals surface area contributed by atoms with E-state index in [4.69, 9.17) is 7.85 Å². The predicted molar refractivity (Wildman–Crippen MR) is 74.2 cm³/mol. The van der Waals surface area contributed by atoms with Crippen molar-refractivity contribution >= 4 is 15.0 Å². The largest absolute Gasteiger partial charge is 0.454 e. The first-order chi connectivity index (χ1) is 8.20. The molecule has 2 nitrogen and oxygen atoms in total. The van der Waals surface area contributed by atoms with Gasteiger partial charge >= 0.3 is 7.12 Å². The van der Waals surface area contributed by atoms with Crippen LogP contribution in [0, 0.1) is 0 Å². The van der Waals surface area contributed by atoms with E-state index in [9.17, 15) is 10.0 Å². The van der Waals surface area contributed by atoms with E-state index in [0.29, 0.717) is 5.82 Å². The van der Waals surface area contributed by atoms with Crippen molar-refractivity contribution in [3.05, 3.63) is 0 Å². The van der Waals surface area contributed by atoms with Crippen LogP contribution in [0.2, 0.25) is 11.6 Å². The molecule has 0 aromatic heterocycles. The molecule has 1 rings (SSSR count). The van der Waals surface area contributed by atoms with Crippen LogP contribution >= 0.6 is 0 Å². The summed E-state index contributed by atoms with van der Waals surface area (Å²) in [7, 11) is 4.91. The quantitative estimate of drug-likeness (QED) is 0.686. The minimum Gasteiger partial charge on any atom is -0.427 e. The lowest BCUT2D eigenvalue weighted by Gasteiger charge is -2.16. The number of rotatable bonds is 1. The maximum absolute atomic E-state index is 9.33. The average Bonchev–Trinajstić information content (AvgIpc) is 2.30. The molecule has 0 bridgehead atoms. The summed E-state index contributed by atoms with van der Waals surface area (Å²) in [5.41, 5.74) is 0. The molecule has 0 saturated heterocycles. The van der Waals surface area contributed by atoms with Crippen LogP contribution in [0.15, 0.2) is 0 Å². The first-order valence-electron chi connectivity index (χ1n) is 7.32. The summed E-state index contributed by atoms with van der Waals surface area (Å²) in [4.78, 5) is 0. The van der Waals surface area contributed by atoms with Gasteiger partial charge in [-0.05, 0) is 5.82 Å². The van der Waals surface area contributed by atoms with E-state index in [-0.39, 0.29) is 5.82 Å². The molecule has 1 fully saturated rings. The van der Waals surface area contributed by atoms with Crippen LogP contribution in [-0.2, 0) is 0 Å². The van der Waals surface area contributed by atoms with Crippen molar-refractivity contribution in [2.24, 2.45) is 0 Å². The predicted octanol–water partition coefficient (Wildman–Crippen LogP) is 3.09. The Morgan fingerprint density at radius 2 is 1.18 bits per heavy atom. The van der Waals surface area contributed by atoms with Crippen molar-refractivity contribution in [1.29, 1.82) is 0 Å². The molecule has 17 heavy (non-hydrogen) atoms. The summed E-state index contributed by atoms with van der Waals surface area (Å²) >= 11 is 0. The second kappa shape index (κ2) is 9.04. The Kier molecular flexibility index (Phi) is 8.04. The normalized spacial score (nSPS) is 29.8. The Labute approximate surface area is 108 Å². The summed E-state index contributed by atoms with van der Waals surface area (Å²) in [6.07, 6.45) is 12.6. The molecule has 0 aromatic rings. The van der Waals surface area contributed by atoms with Gasteiger partial charge in [0.25, 0.3) is 0 Å². The second-order valence-corrected chi connectivity index (χ2v) is 5.56. The fourth-order valence-electron chi connectivity index (χ4n) is 2.75. The van der Waals surface area contributed by atoms with Crippen LogP contribution in [0.3, 0.4) is 0 Å². The van der Waals surface area contributed by atoms with Crippen molar-refractivity contribution in [3.63, 3.8) is 0 Å². The van der Waals surface area contributed by atoms with E-state index in [1.165, 1.54) is 32.1 Å². The lowest BCUT2D eigenvalue weighted by molar-refractivity contribution is 0.365. The average molecular weight is 236 g/mol. The molecule has 2 unspecified atom stereocenters. The summed E-state index contributed by atoms with van der Waals surface area (Å²) in [6.45, 7) is 0. The van der Waals surface area contributed by atoms with Gasteiger partial charge in [-0.1, -0.05) is 76.4 Å². The van der Waals surface area contributed by atoms with Gasteiger partial charge in [0, 0.05) is 0 Å². The highest BCUT2D eigenvalue weighted by atomic mass is 16.4. The maximum Gasteiger partial charge on any atom is 0.454 e. The first kappa shape index (κ1) is 15.1. The number of hydrogen-bond donors (Lipinski definition) is 2. The van der Waals surface area contributed by atoms with Gasteiger partial charge in [-0.3, -0.25) is 0 Å². The zero-order valence-corrected chi connectivity index (χ0v) is 11.0. The van der Waals surface area contributed by atoms with Crippen molar-refractivity contribution in [1.82, 2.24) is 0 Å². The van der Waals surface area contributed by atoms with Gasteiger partial charge in [-0.2, -0.15) is 0 Å². The van der Waals surface area contributed by atoms with Gasteiger partial charge in [-0.15, -0.1) is 0 Å². The van der Waals surface area contributed by atoms with Crippen LogP contribution in [0.4, 0.5) is 0 Å². The molecular formula is C13H26B2O2. The Morgan fingerprint density at radius 1 is 0.706 bits per heavy atom. The molecule has 1 aliphatic carbocycles. The van der Waals surface area contributed by atoms with E-state index in [2.05, 4.69) is 0 Å². The summed E-state index contributed by atoms with van der Waals surface area (Å²) < 4.78 is 0. The molecule has 4 heteroatoms. The Morgan fingerprint density at radius 3 is 1.82 bits per heavy atom. The van der Waals surface area contributed by atoms with Crippen LogP contribution in [0.1, 0.15) is 70.6 Å². The van der Waals surface area contributed by atoms with E-state index < -0.39 is 7.12 Å². The molecule has 2 N–H and O–H groups in total. The molecule has 0 aromatic carbocycles. The fourth-order valence-corrected chi connectivity index (χ4v) is 2.75. The highest BCUT2D eigenvalue weighted by molar-refractivity contribution is 6.43. The SMILES string of the molecule is [B]C1CCCCCCCCC(B(O)O)CCC1. The second-order valence-electron chi connectivity index (χ2n) is 5.56. The third kappa shape index (κ3) is 7.15. The fraction of sp³-hybridized carbons (Fsp3) is 1.00. The van der Waals surface area contributed by atoms with Gasteiger partial charge in [0.15, 0.2) is 0 Å². The minimum atomic E-state index is -1.14. The van der Waals surface area contributed by atoms with Crippen molar-refractivity contribution in [2.45, 2.75) is 82.3 Å². The van der Waals surface area contributed by atoms with Crippen molar-refractivity contribution in [2.75, 3.05) is 0 Å². The van der Waals surface area contributed by atoms with E-state index in [0.717, 1.165) is 38.5 Å². The van der Waals surface area contributed by atoms with Crippen LogP contribution in [-0.4, -0.2) is 25.0 Å². The molecule has 96 valence electrons. The highest BCUT2D eigenvalue weighted by Gasteiger charge is 2.22. The molecule has 2 radical (unpaired) electrons. The van der Waals surface area contributed by atoms with Gasteiger partial charge in [0.1, 0.15) is 0 Å². The zero-order chi connectivity index (χ0) is 12.5. The monoisotopic (exact) mass is 236 g/mol.